The zero-order valence-corrected chi connectivity index (χ0v) is 27.6. The Labute approximate surface area is 280 Å². The van der Waals surface area contributed by atoms with E-state index in [-0.39, 0.29) is 49.9 Å². The molecule has 0 aromatic heterocycles. The Morgan fingerprint density at radius 1 is 0.708 bits per heavy atom. The predicted octanol–water partition coefficient (Wildman–Crippen LogP) is -0.951. The summed E-state index contributed by atoms with van der Waals surface area (Å²) in [6.07, 6.45) is 1.04. The minimum atomic E-state index is -1.13. The maximum Gasteiger partial charge on any atom is 0.243 e. The van der Waals surface area contributed by atoms with Crippen molar-refractivity contribution in [1.29, 1.82) is 0 Å². The third kappa shape index (κ3) is 14.1. The van der Waals surface area contributed by atoms with Crippen molar-refractivity contribution in [1.82, 2.24) is 21.3 Å². The zero-order valence-electron chi connectivity index (χ0n) is 27.6. The smallest absolute Gasteiger partial charge is 0.243 e. The highest BCUT2D eigenvalue weighted by Gasteiger charge is 2.31. The molecular weight excluding hydrogens is 618 g/mol. The van der Waals surface area contributed by atoms with E-state index >= 15 is 0 Å². The summed E-state index contributed by atoms with van der Waals surface area (Å²) in [7, 11) is 0. The Hall–Kier alpha value is -5.18. The first-order chi connectivity index (χ1) is 22.7. The molecule has 0 spiro atoms. The van der Waals surface area contributed by atoms with E-state index in [9.17, 15) is 29.1 Å². The van der Waals surface area contributed by atoms with Gasteiger partial charge in [-0.1, -0.05) is 56.3 Å². The van der Waals surface area contributed by atoms with Gasteiger partial charge in [-0.05, 0) is 61.8 Å². The van der Waals surface area contributed by atoms with Crippen LogP contribution in [0.15, 0.2) is 59.6 Å². The fourth-order valence-electron chi connectivity index (χ4n) is 4.76. The standard InChI is InChI=1S/C33H49N9O6/c1-19(2)16-26(31(47)40-25(28(35)44)10-7-15-38-33(36)37)42-32(48)27(18-21-8-5-4-6-9-21)41-29(45)20(3)39-30(46)24(34)17-22-11-13-23(43)14-12-22/h4-6,8-9,11-14,19-20,24-27,43H,7,10,15-18,34H2,1-3H3,(H2,35,44)(H,39,46)(H,40,47)(H,41,45)(H,42,48)(H4,36,37,38)/t20-,24+,25+,26+,27+/m1/s1. The summed E-state index contributed by atoms with van der Waals surface area (Å²) in [6, 6.07) is 9.98. The predicted molar refractivity (Wildman–Crippen MR) is 182 cm³/mol. The molecule has 2 aromatic rings. The van der Waals surface area contributed by atoms with Crippen LogP contribution < -0.4 is 44.2 Å². The maximum atomic E-state index is 13.7. The molecule has 2 aromatic carbocycles. The number of phenols is 1. The Balaban J connectivity index is 2.15. The average Bonchev–Trinajstić information content (AvgIpc) is 3.02. The highest BCUT2D eigenvalue weighted by Crippen LogP contribution is 2.12. The lowest BCUT2D eigenvalue weighted by molar-refractivity contribution is -0.134. The summed E-state index contributed by atoms with van der Waals surface area (Å²) in [5.74, 6) is -3.28. The van der Waals surface area contributed by atoms with Crippen molar-refractivity contribution >= 4 is 35.5 Å². The Morgan fingerprint density at radius 2 is 1.27 bits per heavy atom. The lowest BCUT2D eigenvalue weighted by Crippen LogP contribution is -2.59. The number of nitrogens with one attached hydrogen (secondary N) is 4. The van der Waals surface area contributed by atoms with E-state index in [0.29, 0.717) is 6.42 Å². The van der Waals surface area contributed by atoms with Gasteiger partial charge < -0.3 is 49.3 Å². The van der Waals surface area contributed by atoms with Crippen LogP contribution in [0, 0.1) is 5.92 Å². The number of guanidine groups is 1. The van der Waals surface area contributed by atoms with Gasteiger partial charge in [-0.3, -0.25) is 29.0 Å². The fourth-order valence-corrected chi connectivity index (χ4v) is 4.76. The molecule has 0 bridgehead atoms. The van der Waals surface area contributed by atoms with Crippen molar-refractivity contribution in [2.24, 2.45) is 33.8 Å². The number of benzene rings is 2. The van der Waals surface area contributed by atoms with Crippen molar-refractivity contribution < 1.29 is 29.1 Å². The Kier molecular flexibility index (Phi) is 15.8. The summed E-state index contributed by atoms with van der Waals surface area (Å²) in [5, 5.41) is 20.1. The van der Waals surface area contributed by atoms with E-state index in [1.165, 1.54) is 19.1 Å². The van der Waals surface area contributed by atoms with Crippen LogP contribution in [0.3, 0.4) is 0 Å². The van der Waals surface area contributed by atoms with E-state index in [2.05, 4.69) is 26.3 Å². The normalized spacial score (nSPS) is 14.0. The number of nitrogens with two attached hydrogens (primary N) is 4. The van der Waals surface area contributed by atoms with Gasteiger partial charge in [0.05, 0.1) is 6.04 Å². The molecule has 0 aliphatic heterocycles. The topological polar surface area (TPSA) is 270 Å². The van der Waals surface area contributed by atoms with Crippen molar-refractivity contribution in [2.45, 2.75) is 83.1 Å². The molecule has 0 radical (unpaired) electrons. The van der Waals surface area contributed by atoms with Crippen LogP contribution in [0.2, 0.25) is 0 Å². The highest BCUT2D eigenvalue weighted by atomic mass is 16.3. The molecule has 0 unspecified atom stereocenters. The van der Waals surface area contributed by atoms with Gasteiger partial charge in [0.15, 0.2) is 5.96 Å². The van der Waals surface area contributed by atoms with E-state index < -0.39 is 59.7 Å². The highest BCUT2D eigenvalue weighted by molar-refractivity contribution is 5.95. The second-order valence-electron chi connectivity index (χ2n) is 12.1. The van der Waals surface area contributed by atoms with E-state index in [4.69, 9.17) is 22.9 Å². The maximum absolute atomic E-state index is 13.7. The number of hydrogen-bond acceptors (Lipinski definition) is 8. The molecule has 2 rings (SSSR count). The quantitative estimate of drug-likeness (QED) is 0.0507. The number of aliphatic imine (C=N–C) groups is 1. The number of rotatable bonds is 19. The summed E-state index contributed by atoms with van der Waals surface area (Å²) in [5.41, 5.74) is 23.7. The molecule has 0 saturated carbocycles. The van der Waals surface area contributed by atoms with Gasteiger partial charge in [-0.2, -0.15) is 0 Å². The number of carbonyl (C=O) groups is 5. The van der Waals surface area contributed by atoms with Crippen LogP contribution in [0.4, 0.5) is 0 Å². The Bertz CT molecular complexity index is 1400. The molecule has 5 atom stereocenters. The third-order valence-electron chi connectivity index (χ3n) is 7.34. The van der Waals surface area contributed by atoms with Crippen LogP contribution >= 0.6 is 0 Å². The van der Waals surface area contributed by atoms with E-state index in [0.717, 1.165) is 11.1 Å². The average molecular weight is 668 g/mol. The van der Waals surface area contributed by atoms with Crippen molar-refractivity contribution in [2.75, 3.05) is 6.54 Å². The number of primary amides is 1. The molecule has 0 aliphatic rings. The van der Waals surface area contributed by atoms with Crippen LogP contribution in [-0.2, 0) is 36.8 Å². The SMILES string of the molecule is CC(C)C[C@H](NC(=O)[C@H](Cc1ccccc1)NC(=O)[C@@H](C)NC(=O)[C@@H](N)Cc1ccc(O)cc1)C(=O)N[C@@H](CCCN=C(N)N)C(N)=O. The molecule has 0 aliphatic carbocycles. The Morgan fingerprint density at radius 3 is 1.85 bits per heavy atom. The van der Waals surface area contributed by atoms with E-state index in [1.54, 1.807) is 36.4 Å². The van der Waals surface area contributed by atoms with Gasteiger partial charge in [0.25, 0.3) is 0 Å². The first-order valence-corrected chi connectivity index (χ1v) is 15.8. The molecule has 0 saturated heterocycles. The number of nitrogens with zero attached hydrogens (tertiary/aromatic N) is 1. The molecule has 0 fully saturated rings. The summed E-state index contributed by atoms with van der Waals surface area (Å²) in [4.78, 5) is 69.0. The van der Waals surface area contributed by atoms with E-state index in [1.807, 2.05) is 19.9 Å². The summed E-state index contributed by atoms with van der Waals surface area (Å²) in [6.45, 7) is 5.43. The second-order valence-corrected chi connectivity index (χ2v) is 12.1. The third-order valence-corrected chi connectivity index (χ3v) is 7.34. The molecule has 15 heteroatoms. The zero-order chi connectivity index (χ0) is 35.8. The number of carbonyl (C=O) groups excluding carboxylic acids is 5. The van der Waals surface area contributed by atoms with Gasteiger partial charge >= 0.3 is 0 Å². The first-order valence-electron chi connectivity index (χ1n) is 15.8. The minimum absolute atomic E-state index is 0.0295. The van der Waals surface area contributed by atoms with Crippen LogP contribution in [0.25, 0.3) is 0 Å². The van der Waals surface area contributed by atoms with Crippen LogP contribution in [-0.4, -0.2) is 77.4 Å². The first kappa shape index (κ1) is 39.0. The molecule has 5 amide bonds. The number of aromatic hydroxyl groups is 1. The van der Waals surface area contributed by atoms with Crippen LogP contribution in [0.5, 0.6) is 5.75 Å². The van der Waals surface area contributed by atoms with Crippen LogP contribution in [0.1, 0.15) is 51.2 Å². The molecule has 15 nitrogen and oxygen atoms in total. The lowest BCUT2D eigenvalue weighted by atomic mass is 10.00. The summed E-state index contributed by atoms with van der Waals surface area (Å²) < 4.78 is 0. The molecule has 48 heavy (non-hydrogen) atoms. The van der Waals surface area contributed by atoms with Crippen molar-refractivity contribution in [3.05, 3.63) is 65.7 Å². The largest absolute Gasteiger partial charge is 0.508 e. The monoisotopic (exact) mass is 667 g/mol. The molecule has 262 valence electrons. The number of phenolic OH excluding ortho intramolecular Hbond substituents is 1. The second kappa shape index (κ2) is 19.5. The van der Waals surface area contributed by atoms with Gasteiger partial charge in [-0.15, -0.1) is 0 Å². The van der Waals surface area contributed by atoms with Crippen molar-refractivity contribution in [3.8, 4) is 5.75 Å². The van der Waals surface area contributed by atoms with Gasteiger partial charge in [-0.25, -0.2) is 0 Å². The molecule has 0 heterocycles. The number of hydrogen-bond donors (Lipinski definition) is 9. The molecular formula is C33H49N9O6. The summed E-state index contributed by atoms with van der Waals surface area (Å²) >= 11 is 0. The fraction of sp³-hybridized carbons (Fsp3) is 0.455. The lowest BCUT2D eigenvalue weighted by Gasteiger charge is -2.26. The van der Waals surface area contributed by atoms with Crippen molar-refractivity contribution in [3.63, 3.8) is 0 Å². The minimum Gasteiger partial charge on any atom is -0.508 e. The van der Waals surface area contributed by atoms with Gasteiger partial charge in [0.2, 0.25) is 29.5 Å². The van der Waals surface area contributed by atoms with Gasteiger partial charge in [0.1, 0.15) is 29.9 Å². The number of amides is 5. The van der Waals surface area contributed by atoms with Gasteiger partial charge in [0, 0.05) is 13.0 Å². The molecule has 13 N–H and O–H groups in total.